The number of carbonyl (C=O) groups is 2. The number of aryl methyl sites for hydroxylation is 1. The van der Waals surface area contributed by atoms with Gasteiger partial charge in [0.2, 0.25) is 0 Å². The summed E-state index contributed by atoms with van der Waals surface area (Å²) in [6.07, 6.45) is 1.44. The van der Waals surface area contributed by atoms with Crippen LogP contribution >= 0.6 is 11.6 Å². The molecule has 0 aliphatic rings. The first-order chi connectivity index (χ1) is 23.6. The fourth-order valence-corrected chi connectivity index (χ4v) is 6.27. The Kier molecular flexibility index (Phi) is 11.3. The predicted molar refractivity (Wildman–Crippen MR) is 191 cm³/mol. The Balaban J connectivity index is 1.26. The van der Waals surface area contributed by atoms with Crippen LogP contribution in [-0.2, 0) is 21.4 Å². The Morgan fingerprint density at radius 1 is 0.837 bits per heavy atom. The largest absolute Gasteiger partial charge is 0.497 e. The van der Waals surface area contributed by atoms with Crippen LogP contribution in [0, 0.1) is 6.92 Å². The molecule has 2 amide bonds. The molecular weight excluding hydrogens is 664 g/mol. The maximum atomic E-state index is 14.0. The highest BCUT2D eigenvalue weighted by atomic mass is 35.5. The second-order valence-corrected chi connectivity index (χ2v) is 13.1. The topological polar surface area (TPSA) is 126 Å². The molecule has 5 aromatic carbocycles. The Labute approximate surface area is 290 Å². The molecule has 49 heavy (non-hydrogen) atoms. The number of nitrogens with one attached hydrogen (secondary N) is 2. The van der Waals surface area contributed by atoms with E-state index in [1.165, 1.54) is 16.6 Å². The Morgan fingerprint density at radius 3 is 2.16 bits per heavy atom. The molecule has 0 saturated carbocycles. The number of carbonyl (C=O) groups excluding carboxylic acids is 2. The van der Waals surface area contributed by atoms with Gasteiger partial charge >= 0.3 is 0 Å². The molecule has 0 bridgehead atoms. The normalized spacial score (nSPS) is 11.2. The van der Waals surface area contributed by atoms with Crippen LogP contribution in [0.15, 0.2) is 131 Å². The second kappa shape index (κ2) is 16.0. The standard InChI is InChI=1S/C37H33ClN4O6S/c1-26-7-21-33(22-8-26)49(45,46)42(24-28-9-13-29(38)14-10-28)35-6-4-3-5-34(35)37(44)41-39-23-27-11-17-32(18-12-27)48-25-36(43)40-30-15-19-31(47-2)20-16-30/h3-23H,24-25H2,1-2H3,(H,40,43)(H,41,44)/b39-23-. The van der Waals surface area contributed by atoms with Gasteiger partial charge in [0, 0.05) is 10.7 Å². The molecule has 0 atom stereocenters. The van der Waals surface area contributed by atoms with Crippen molar-refractivity contribution in [1.29, 1.82) is 0 Å². The van der Waals surface area contributed by atoms with E-state index in [0.717, 1.165) is 5.56 Å². The first kappa shape index (κ1) is 34.7. The molecule has 5 rings (SSSR count). The highest BCUT2D eigenvalue weighted by Crippen LogP contribution is 2.30. The second-order valence-electron chi connectivity index (χ2n) is 10.8. The van der Waals surface area contributed by atoms with E-state index >= 15 is 0 Å². The van der Waals surface area contributed by atoms with Gasteiger partial charge in [0.15, 0.2) is 6.61 Å². The molecule has 0 fully saturated rings. The number of para-hydroxylation sites is 1. The molecule has 10 nitrogen and oxygen atoms in total. The van der Waals surface area contributed by atoms with Crippen molar-refractivity contribution >= 4 is 51.0 Å². The van der Waals surface area contributed by atoms with Crippen molar-refractivity contribution in [3.05, 3.63) is 149 Å². The molecule has 0 heterocycles. The van der Waals surface area contributed by atoms with Gasteiger partial charge in [-0.25, -0.2) is 13.8 Å². The van der Waals surface area contributed by atoms with Crippen LogP contribution in [0.5, 0.6) is 11.5 Å². The number of rotatable bonds is 13. The minimum absolute atomic E-state index is 0.0432. The summed E-state index contributed by atoms with van der Waals surface area (Å²) in [6, 6.07) is 33.5. The number of hydrogen-bond acceptors (Lipinski definition) is 7. The number of halogens is 1. The lowest BCUT2D eigenvalue weighted by atomic mass is 10.1. The van der Waals surface area contributed by atoms with Gasteiger partial charge in [-0.1, -0.05) is 53.6 Å². The number of ether oxygens (including phenoxy) is 2. The van der Waals surface area contributed by atoms with Gasteiger partial charge < -0.3 is 14.8 Å². The average Bonchev–Trinajstić information content (AvgIpc) is 3.11. The zero-order valence-corrected chi connectivity index (χ0v) is 28.2. The Morgan fingerprint density at radius 2 is 1.49 bits per heavy atom. The number of nitrogens with zero attached hydrogens (tertiary/aromatic N) is 2. The van der Waals surface area contributed by atoms with E-state index in [4.69, 9.17) is 21.1 Å². The SMILES string of the molecule is COc1ccc(NC(=O)COc2ccc(/C=N\NC(=O)c3ccccc3N(Cc3ccc(Cl)cc3)S(=O)(=O)c3ccc(C)cc3)cc2)cc1. The fourth-order valence-electron chi connectivity index (χ4n) is 4.67. The minimum Gasteiger partial charge on any atom is -0.497 e. The minimum atomic E-state index is -4.09. The third-order valence-electron chi connectivity index (χ3n) is 7.27. The van der Waals surface area contributed by atoms with E-state index in [1.54, 1.807) is 122 Å². The van der Waals surface area contributed by atoms with Crippen molar-refractivity contribution in [2.24, 2.45) is 5.10 Å². The molecule has 0 saturated heterocycles. The number of hydrogen-bond donors (Lipinski definition) is 2. The summed E-state index contributed by atoms with van der Waals surface area (Å²) in [7, 11) is -2.52. The molecule has 0 spiro atoms. The third kappa shape index (κ3) is 9.25. The lowest BCUT2D eigenvalue weighted by molar-refractivity contribution is -0.118. The number of hydrazone groups is 1. The number of benzene rings is 5. The maximum Gasteiger partial charge on any atom is 0.273 e. The average molecular weight is 697 g/mol. The molecule has 250 valence electrons. The summed E-state index contributed by atoms with van der Waals surface area (Å²) < 4.78 is 39.9. The fraction of sp³-hybridized carbons (Fsp3) is 0.108. The van der Waals surface area contributed by atoms with Gasteiger partial charge in [-0.15, -0.1) is 0 Å². The molecule has 2 N–H and O–H groups in total. The lowest BCUT2D eigenvalue weighted by Crippen LogP contribution is -2.33. The summed E-state index contributed by atoms with van der Waals surface area (Å²) in [5.74, 6) is 0.228. The quantitative estimate of drug-likeness (QED) is 0.103. The first-order valence-electron chi connectivity index (χ1n) is 15.1. The third-order valence-corrected chi connectivity index (χ3v) is 9.30. The first-order valence-corrected chi connectivity index (χ1v) is 16.9. The van der Waals surface area contributed by atoms with Crippen molar-refractivity contribution in [1.82, 2.24) is 5.43 Å². The van der Waals surface area contributed by atoms with E-state index in [9.17, 15) is 18.0 Å². The van der Waals surface area contributed by atoms with Crippen LogP contribution in [0.25, 0.3) is 0 Å². The van der Waals surface area contributed by atoms with E-state index in [2.05, 4.69) is 15.8 Å². The molecular formula is C37H33ClN4O6S. The Hall–Kier alpha value is -5.65. The molecule has 5 aromatic rings. The van der Waals surface area contributed by atoms with E-state index in [1.807, 2.05) is 6.92 Å². The molecule has 12 heteroatoms. The molecule has 0 aliphatic heterocycles. The van der Waals surface area contributed by atoms with Crippen LogP contribution in [0.3, 0.4) is 0 Å². The van der Waals surface area contributed by atoms with Gasteiger partial charge in [0.05, 0.1) is 36.0 Å². The number of methoxy groups -OCH3 is 1. The zero-order valence-electron chi connectivity index (χ0n) is 26.7. The van der Waals surface area contributed by atoms with Gasteiger partial charge in [0.1, 0.15) is 11.5 Å². The maximum absolute atomic E-state index is 14.0. The van der Waals surface area contributed by atoms with Crippen molar-refractivity contribution < 1.29 is 27.5 Å². The van der Waals surface area contributed by atoms with Crippen LogP contribution in [0.2, 0.25) is 5.02 Å². The van der Waals surface area contributed by atoms with Gasteiger partial charge in [-0.2, -0.15) is 5.10 Å². The number of sulfonamides is 1. The molecule has 0 radical (unpaired) electrons. The smallest absolute Gasteiger partial charge is 0.273 e. The summed E-state index contributed by atoms with van der Waals surface area (Å²) in [6.45, 7) is 1.64. The summed E-state index contributed by atoms with van der Waals surface area (Å²) in [5.41, 5.74) is 5.65. The van der Waals surface area contributed by atoms with Gasteiger partial charge in [-0.05, 0) is 103 Å². The van der Waals surface area contributed by atoms with E-state index in [-0.39, 0.29) is 35.2 Å². The Bertz CT molecular complexity index is 2040. The predicted octanol–water partition coefficient (Wildman–Crippen LogP) is 6.83. The summed E-state index contributed by atoms with van der Waals surface area (Å²) in [5, 5.41) is 7.35. The summed E-state index contributed by atoms with van der Waals surface area (Å²) >= 11 is 6.07. The van der Waals surface area contributed by atoms with Gasteiger partial charge in [0.25, 0.3) is 21.8 Å². The van der Waals surface area contributed by atoms with Crippen LogP contribution in [0.4, 0.5) is 11.4 Å². The number of anilines is 2. The zero-order chi connectivity index (χ0) is 34.8. The van der Waals surface area contributed by atoms with Gasteiger partial charge in [-0.3, -0.25) is 13.9 Å². The van der Waals surface area contributed by atoms with Crippen molar-refractivity contribution in [2.45, 2.75) is 18.4 Å². The molecule has 0 aromatic heterocycles. The highest BCUT2D eigenvalue weighted by Gasteiger charge is 2.28. The van der Waals surface area contributed by atoms with Crippen molar-refractivity contribution in [3.63, 3.8) is 0 Å². The number of amides is 2. The van der Waals surface area contributed by atoms with Crippen molar-refractivity contribution in [3.8, 4) is 11.5 Å². The van der Waals surface area contributed by atoms with E-state index in [0.29, 0.717) is 33.3 Å². The lowest BCUT2D eigenvalue weighted by Gasteiger charge is -2.26. The molecule has 0 aliphatic carbocycles. The van der Waals surface area contributed by atoms with Crippen molar-refractivity contribution in [2.75, 3.05) is 23.3 Å². The van der Waals surface area contributed by atoms with E-state index < -0.39 is 15.9 Å². The highest BCUT2D eigenvalue weighted by molar-refractivity contribution is 7.92. The summed E-state index contributed by atoms with van der Waals surface area (Å²) in [4.78, 5) is 25.8. The molecule has 0 unspecified atom stereocenters. The van der Waals surface area contributed by atoms with Crippen LogP contribution < -0.4 is 24.5 Å². The van der Waals surface area contributed by atoms with Crippen LogP contribution in [-0.4, -0.2) is 40.2 Å². The van der Waals surface area contributed by atoms with Crippen LogP contribution in [0.1, 0.15) is 27.0 Å². The monoisotopic (exact) mass is 696 g/mol.